The predicted molar refractivity (Wildman–Crippen MR) is 111 cm³/mol. The molecule has 3 N–H and O–H groups in total. The van der Waals surface area contributed by atoms with Crippen LogP contribution in [0.4, 0.5) is 0 Å². The molecule has 4 saturated carbocycles. The van der Waals surface area contributed by atoms with E-state index in [0.717, 1.165) is 31.4 Å². The van der Waals surface area contributed by atoms with Crippen LogP contribution in [0.1, 0.15) is 58.8 Å². The molecule has 7 heteroatoms. The van der Waals surface area contributed by atoms with Gasteiger partial charge in [0.15, 0.2) is 6.10 Å². The van der Waals surface area contributed by atoms with Gasteiger partial charge < -0.3 is 14.6 Å². The van der Waals surface area contributed by atoms with Crippen molar-refractivity contribution in [3.8, 4) is 11.5 Å². The van der Waals surface area contributed by atoms with Gasteiger partial charge in [0.05, 0.1) is 12.2 Å². The van der Waals surface area contributed by atoms with E-state index < -0.39 is 17.6 Å². The van der Waals surface area contributed by atoms with Gasteiger partial charge in [-0.3, -0.25) is 20.4 Å². The minimum atomic E-state index is -0.761. The van der Waals surface area contributed by atoms with E-state index in [1.54, 1.807) is 31.2 Å². The Kier molecular flexibility index (Phi) is 5.66. The van der Waals surface area contributed by atoms with Crippen molar-refractivity contribution in [2.45, 2.75) is 70.5 Å². The molecule has 1 aromatic rings. The van der Waals surface area contributed by atoms with Crippen molar-refractivity contribution in [3.05, 3.63) is 24.3 Å². The lowest BCUT2D eigenvalue weighted by atomic mass is 9.47. The second-order valence-corrected chi connectivity index (χ2v) is 9.56. The zero-order chi connectivity index (χ0) is 21.4. The Balaban J connectivity index is 1.25. The number of hydrogen-bond donors (Lipinski definition) is 3. The number of hydrazine groups is 1. The van der Waals surface area contributed by atoms with E-state index in [0.29, 0.717) is 37.0 Å². The highest BCUT2D eigenvalue weighted by atomic mass is 16.5. The number of nitrogens with one attached hydrogen (secondary N) is 2. The summed E-state index contributed by atoms with van der Waals surface area (Å²) in [6.07, 6.45) is 5.23. The largest absolute Gasteiger partial charge is 0.494 e. The smallest absolute Gasteiger partial charge is 0.279 e. The second kappa shape index (κ2) is 8.10. The van der Waals surface area contributed by atoms with Gasteiger partial charge in [-0.25, -0.2) is 0 Å². The summed E-state index contributed by atoms with van der Waals surface area (Å²) >= 11 is 0. The first kappa shape index (κ1) is 21.0. The van der Waals surface area contributed by atoms with Gasteiger partial charge in [0.2, 0.25) is 5.91 Å². The zero-order valence-electron chi connectivity index (χ0n) is 17.8. The monoisotopic (exact) mass is 416 g/mol. The Morgan fingerprint density at radius 1 is 1.10 bits per heavy atom. The molecule has 3 atom stereocenters. The molecule has 0 saturated heterocycles. The summed E-state index contributed by atoms with van der Waals surface area (Å²) < 4.78 is 11.0. The van der Waals surface area contributed by atoms with Crippen molar-refractivity contribution in [2.24, 2.45) is 17.3 Å². The molecule has 1 aromatic carbocycles. The molecule has 5 rings (SSSR count). The number of rotatable bonds is 7. The van der Waals surface area contributed by atoms with E-state index in [2.05, 4.69) is 10.9 Å². The molecular weight excluding hydrogens is 384 g/mol. The Bertz CT molecular complexity index is 779. The summed E-state index contributed by atoms with van der Waals surface area (Å²) in [6, 6.07) is 7.05. The molecule has 3 unspecified atom stereocenters. The molecule has 0 aliphatic heterocycles. The molecule has 4 fully saturated rings. The maximum absolute atomic E-state index is 12.6. The summed E-state index contributed by atoms with van der Waals surface area (Å²) in [5.41, 5.74) is 4.30. The van der Waals surface area contributed by atoms with Crippen LogP contribution in [0.3, 0.4) is 0 Å². The average Bonchev–Trinajstić information content (AvgIpc) is 2.65. The van der Waals surface area contributed by atoms with Crippen molar-refractivity contribution < 1.29 is 24.2 Å². The summed E-state index contributed by atoms with van der Waals surface area (Å²) in [4.78, 5) is 24.9. The van der Waals surface area contributed by atoms with Crippen molar-refractivity contribution in [2.75, 3.05) is 6.61 Å². The quantitative estimate of drug-likeness (QED) is 0.594. The third-order valence-electron chi connectivity index (χ3n) is 6.83. The molecule has 4 bridgehead atoms. The fourth-order valence-corrected chi connectivity index (χ4v) is 6.27. The summed E-state index contributed by atoms with van der Waals surface area (Å²) in [6.45, 7) is 4.13. The highest BCUT2D eigenvalue weighted by Gasteiger charge is 2.57. The lowest BCUT2D eigenvalue weighted by Crippen LogP contribution is -2.57. The molecule has 2 amide bonds. The molecule has 7 nitrogen and oxygen atoms in total. The molecule has 0 heterocycles. The minimum absolute atomic E-state index is 0.127. The van der Waals surface area contributed by atoms with Crippen LogP contribution in [-0.2, 0) is 9.59 Å². The Labute approximate surface area is 177 Å². The second-order valence-electron chi connectivity index (χ2n) is 9.56. The van der Waals surface area contributed by atoms with Gasteiger partial charge in [-0.15, -0.1) is 0 Å². The van der Waals surface area contributed by atoms with Crippen LogP contribution in [0.15, 0.2) is 24.3 Å². The lowest BCUT2D eigenvalue weighted by molar-refractivity contribution is -0.169. The van der Waals surface area contributed by atoms with Crippen LogP contribution in [0, 0.1) is 17.3 Å². The molecule has 4 aliphatic rings. The molecule has 0 spiro atoms. The van der Waals surface area contributed by atoms with Crippen molar-refractivity contribution in [1.29, 1.82) is 0 Å². The van der Waals surface area contributed by atoms with Crippen molar-refractivity contribution >= 4 is 11.8 Å². The fraction of sp³-hybridized carbons (Fsp3) is 0.652. The fourth-order valence-electron chi connectivity index (χ4n) is 6.27. The van der Waals surface area contributed by atoms with Gasteiger partial charge >= 0.3 is 0 Å². The van der Waals surface area contributed by atoms with Gasteiger partial charge in [-0.1, -0.05) is 0 Å². The number of aliphatic hydroxyl groups is 1. The topological polar surface area (TPSA) is 96.9 Å². The predicted octanol–water partition coefficient (Wildman–Crippen LogP) is 2.72. The van der Waals surface area contributed by atoms with Crippen LogP contribution in [0.2, 0.25) is 0 Å². The molecule has 30 heavy (non-hydrogen) atoms. The normalized spacial score (nSPS) is 32.4. The van der Waals surface area contributed by atoms with Gasteiger partial charge in [0, 0.05) is 6.42 Å². The van der Waals surface area contributed by atoms with Crippen LogP contribution in [0.25, 0.3) is 0 Å². The van der Waals surface area contributed by atoms with Crippen molar-refractivity contribution in [1.82, 2.24) is 10.9 Å². The minimum Gasteiger partial charge on any atom is -0.494 e. The SMILES string of the molecule is CCOc1ccc(OC(C)C(=O)NNC(=O)CC23CC4CC(CC(O)(C4)C2)C3)cc1. The van der Waals surface area contributed by atoms with Crippen LogP contribution in [-0.4, -0.2) is 35.2 Å². The number of carbonyl (C=O) groups excluding carboxylic acids is 2. The van der Waals surface area contributed by atoms with Gasteiger partial charge in [0.1, 0.15) is 11.5 Å². The van der Waals surface area contributed by atoms with E-state index in [1.807, 2.05) is 6.92 Å². The lowest BCUT2D eigenvalue weighted by Gasteiger charge is -2.60. The number of benzene rings is 1. The Hall–Kier alpha value is -2.28. The molecular formula is C23H32N2O5. The Morgan fingerprint density at radius 3 is 2.33 bits per heavy atom. The van der Waals surface area contributed by atoms with Crippen LogP contribution >= 0.6 is 0 Å². The van der Waals surface area contributed by atoms with E-state index >= 15 is 0 Å². The number of amides is 2. The number of carbonyl (C=O) groups is 2. The molecule has 164 valence electrons. The first-order valence-electron chi connectivity index (χ1n) is 11.0. The third kappa shape index (κ3) is 4.56. The van der Waals surface area contributed by atoms with E-state index in [9.17, 15) is 14.7 Å². The number of ether oxygens (including phenoxy) is 2. The van der Waals surface area contributed by atoms with Gasteiger partial charge in [0.25, 0.3) is 5.91 Å². The number of hydrogen-bond acceptors (Lipinski definition) is 5. The zero-order valence-corrected chi connectivity index (χ0v) is 17.8. The standard InChI is InChI=1S/C23H32N2O5/c1-3-29-18-4-6-19(7-5-18)30-15(2)21(27)25-24-20(26)13-22-9-16-8-17(10-22)12-23(28,11-16)14-22/h4-7,15-17,28H,3,8-14H2,1-2H3,(H,24,26)(H,25,27). The first-order chi connectivity index (χ1) is 14.3. The highest BCUT2D eigenvalue weighted by molar-refractivity contribution is 5.84. The maximum Gasteiger partial charge on any atom is 0.279 e. The highest BCUT2D eigenvalue weighted by Crippen LogP contribution is 2.62. The molecule has 4 aliphatic carbocycles. The van der Waals surface area contributed by atoms with Crippen LogP contribution < -0.4 is 20.3 Å². The maximum atomic E-state index is 12.6. The van der Waals surface area contributed by atoms with Gasteiger partial charge in [-0.2, -0.15) is 0 Å². The molecule has 0 aromatic heterocycles. The van der Waals surface area contributed by atoms with E-state index in [-0.39, 0.29) is 11.3 Å². The first-order valence-corrected chi connectivity index (χ1v) is 11.0. The summed E-state index contributed by atoms with van der Waals surface area (Å²) in [7, 11) is 0. The average molecular weight is 417 g/mol. The summed E-state index contributed by atoms with van der Waals surface area (Å²) in [5, 5.41) is 10.8. The van der Waals surface area contributed by atoms with E-state index in [1.165, 1.54) is 6.42 Å². The van der Waals surface area contributed by atoms with Crippen LogP contribution in [0.5, 0.6) is 11.5 Å². The Morgan fingerprint density at radius 2 is 1.73 bits per heavy atom. The van der Waals surface area contributed by atoms with E-state index in [4.69, 9.17) is 9.47 Å². The van der Waals surface area contributed by atoms with Crippen molar-refractivity contribution in [3.63, 3.8) is 0 Å². The van der Waals surface area contributed by atoms with Gasteiger partial charge in [-0.05, 0) is 93.9 Å². The molecule has 0 radical (unpaired) electrons. The third-order valence-corrected chi connectivity index (χ3v) is 6.83. The summed E-state index contributed by atoms with van der Waals surface area (Å²) in [5.74, 6) is 1.73.